The fraction of sp³-hybridized carbons (Fsp3) is 0.571. The average Bonchev–Trinajstić information content (AvgIpc) is 2.84. The maximum atomic E-state index is 9.85. The second kappa shape index (κ2) is 6.63. The van der Waals surface area contributed by atoms with Crippen LogP contribution in [0.4, 0.5) is 11.4 Å². The fourth-order valence-electron chi connectivity index (χ4n) is 1.99. The minimum atomic E-state index is -0.496. The zero-order valence-electron chi connectivity index (χ0n) is 11.6. The first-order chi connectivity index (χ1) is 9.16. The molecule has 0 amide bonds. The summed E-state index contributed by atoms with van der Waals surface area (Å²) < 4.78 is 5.68. The molecule has 0 spiro atoms. The zero-order chi connectivity index (χ0) is 13.7. The van der Waals surface area contributed by atoms with Gasteiger partial charge in [0.1, 0.15) is 24.1 Å². The molecular weight excluding hydrogens is 242 g/mol. The molecule has 0 bridgehead atoms. The summed E-state index contributed by atoms with van der Waals surface area (Å²) in [7, 11) is 0. The van der Waals surface area contributed by atoms with E-state index in [0.717, 1.165) is 23.7 Å². The predicted molar refractivity (Wildman–Crippen MR) is 77.8 cm³/mol. The van der Waals surface area contributed by atoms with Gasteiger partial charge in [0.2, 0.25) is 0 Å². The highest BCUT2D eigenvalue weighted by molar-refractivity contribution is 5.79. The van der Waals surface area contributed by atoms with E-state index in [1.165, 1.54) is 0 Å². The van der Waals surface area contributed by atoms with E-state index in [-0.39, 0.29) is 0 Å². The van der Waals surface area contributed by atoms with Crippen molar-refractivity contribution in [3.8, 4) is 5.75 Å². The number of ether oxygens (including phenoxy) is 1. The first-order valence-corrected chi connectivity index (χ1v) is 6.79. The summed E-state index contributed by atoms with van der Waals surface area (Å²) in [6.07, 6.45) is -0.496. The van der Waals surface area contributed by atoms with Crippen LogP contribution >= 0.6 is 0 Å². The third-order valence-electron chi connectivity index (χ3n) is 2.93. The highest BCUT2D eigenvalue weighted by atomic mass is 16.5. The van der Waals surface area contributed by atoms with E-state index < -0.39 is 6.10 Å². The van der Waals surface area contributed by atoms with E-state index in [1.54, 1.807) is 0 Å². The van der Waals surface area contributed by atoms with Gasteiger partial charge in [0, 0.05) is 6.54 Å². The van der Waals surface area contributed by atoms with Gasteiger partial charge in [-0.1, -0.05) is 19.9 Å². The van der Waals surface area contributed by atoms with Crippen molar-refractivity contribution in [1.82, 2.24) is 5.32 Å². The van der Waals surface area contributed by atoms with Gasteiger partial charge in [-0.15, -0.1) is 0 Å². The number of hydrogen-bond donors (Lipinski definition) is 4. The summed E-state index contributed by atoms with van der Waals surface area (Å²) in [4.78, 5) is 0. The van der Waals surface area contributed by atoms with Crippen molar-refractivity contribution in [2.75, 3.05) is 37.0 Å². The molecule has 1 heterocycles. The molecule has 0 aliphatic carbocycles. The molecule has 0 saturated carbocycles. The molecule has 19 heavy (non-hydrogen) atoms. The summed E-state index contributed by atoms with van der Waals surface area (Å²) in [5.41, 5.74) is 2.02. The molecule has 4 N–H and O–H groups in total. The van der Waals surface area contributed by atoms with Gasteiger partial charge in [0.25, 0.3) is 0 Å². The molecule has 1 unspecified atom stereocenters. The number of benzene rings is 1. The topological polar surface area (TPSA) is 65.5 Å². The van der Waals surface area contributed by atoms with Crippen molar-refractivity contribution < 1.29 is 9.84 Å². The minimum absolute atomic E-state index is 0.295. The van der Waals surface area contributed by atoms with Gasteiger partial charge in [0.05, 0.1) is 12.4 Å². The Bertz CT molecular complexity index is 410. The van der Waals surface area contributed by atoms with E-state index in [9.17, 15) is 5.11 Å². The Hall–Kier alpha value is -1.46. The molecular formula is C14H23N3O2. The van der Waals surface area contributed by atoms with Crippen LogP contribution in [-0.2, 0) is 0 Å². The van der Waals surface area contributed by atoms with Gasteiger partial charge in [-0.25, -0.2) is 0 Å². The standard InChI is InChI=1S/C14H23N3O2/c1-10(2)6-15-7-11(18)8-19-13-5-3-4-12-14(13)17-9-16-12/h3-5,10-11,15-18H,6-9H2,1-2H3. The van der Waals surface area contributed by atoms with Crippen molar-refractivity contribution in [3.63, 3.8) is 0 Å². The van der Waals surface area contributed by atoms with Crippen LogP contribution in [0.3, 0.4) is 0 Å². The van der Waals surface area contributed by atoms with Crippen molar-refractivity contribution in [2.24, 2.45) is 5.92 Å². The molecule has 5 nitrogen and oxygen atoms in total. The van der Waals surface area contributed by atoms with Crippen LogP contribution < -0.4 is 20.7 Å². The summed E-state index contributed by atoms with van der Waals surface area (Å²) in [6, 6.07) is 5.85. The maximum Gasteiger partial charge on any atom is 0.144 e. The first-order valence-electron chi connectivity index (χ1n) is 6.79. The van der Waals surface area contributed by atoms with E-state index >= 15 is 0 Å². The van der Waals surface area contributed by atoms with Gasteiger partial charge in [-0.2, -0.15) is 0 Å². The lowest BCUT2D eigenvalue weighted by Gasteiger charge is -2.15. The lowest BCUT2D eigenvalue weighted by Crippen LogP contribution is -2.33. The van der Waals surface area contributed by atoms with Gasteiger partial charge in [-0.05, 0) is 24.6 Å². The van der Waals surface area contributed by atoms with E-state index in [4.69, 9.17) is 4.74 Å². The number of hydrogen-bond acceptors (Lipinski definition) is 5. The monoisotopic (exact) mass is 265 g/mol. The summed E-state index contributed by atoms with van der Waals surface area (Å²) >= 11 is 0. The molecule has 1 aromatic rings. The first kappa shape index (κ1) is 14.0. The number of rotatable bonds is 7. The van der Waals surface area contributed by atoms with Crippen LogP contribution in [0, 0.1) is 5.92 Å². The lowest BCUT2D eigenvalue weighted by molar-refractivity contribution is 0.106. The molecule has 106 valence electrons. The molecule has 0 saturated heterocycles. The third-order valence-corrected chi connectivity index (χ3v) is 2.93. The highest BCUT2D eigenvalue weighted by Gasteiger charge is 2.15. The van der Waals surface area contributed by atoms with Crippen LogP contribution in [0.5, 0.6) is 5.75 Å². The van der Waals surface area contributed by atoms with E-state index in [0.29, 0.717) is 25.7 Å². The Morgan fingerprint density at radius 2 is 2.16 bits per heavy atom. The van der Waals surface area contributed by atoms with Gasteiger partial charge >= 0.3 is 0 Å². The normalized spacial score (nSPS) is 14.7. The third kappa shape index (κ3) is 4.01. The van der Waals surface area contributed by atoms with E-state index in [2.05, 4.69) is 29.8 Å². The number of aliphatic hydroxyl groups is 1. The number of para-hydroxylation sites is 1. The van der Waals surface area contributed by atoms with Crippen molar-refractivity contribution in [1.29, 1.82) is 0 Å². The minimum Gasteiger partial charge on any atom is -0.489 e. The molecule has 1 aromatic carbocycles. The van der Waals surface area contributed by atoms with Crippen LogP contribution in [0.2, 0.25) is 0 Å². The van der Waals surface area contributed by atoms with Crippen LogP contribution in [0.1, 0.15) is 13.8 Å². The molecule has 0 aromatic heterocycles. The Balaban J connectivity index is 1.78. The number of aliphatic hydroxyl groups excluding tert-OH is 1. The van der Waals surface area contributed by atoms with Gasteiger partial charge in [-0.3, -0.25) is 0 Å². The lowest BCUT2D eigenvalue weighted by atomic mass is 10.2. The molecule has 1 aliphatic rings. The Kier molecular flexibility index (Phi) is 4.87. The smallest absolute Gasteiger partial charge is 0.144 e. The van der Waals surface area contributed by atoms with Gasteiger partial charge < -0.3 is 25.8 Å². The number of nitrogens with one attached hydrogen (secondary N) is 3. The second-order valence-corrected chi connectivity index (χ2v) is 5.23. The van der Waals surface area contributed by atoms with Crippen molar-refractivity contribution >= 4 is 11.4 Å². The molecule has 2 rings (SSSR count). The highest BCUT2D eigenvalue weighted by Crippen LogP contribution is 2.35. The predicted octanol–water partition coefficient (Wildman–Crippen LogP) is 1.47. The van der Waals surface area contributed by atoms with Crippen LogP contribution in [0.15, 0.2) is 18.2 Å². The van der Waals surface area contributed by atoms with Crippen LogP contribution in [0.25, 0.3) is 0 Å². The van der Waals surface area contributed by atoms with Gasteiger partial charge in [0.15, 0.2) is 0 Å². The number of anilines is 2. The molecule has 1 atom stereocenters. The van der Waals surface area contributed by atoms with Crippen molar-refractivity contribution in [3.05, 3.63) is 18.2 Å². The Morgan fingerprint density at radius 1 is 1.32 bits per heavy atom. The van der Waals surface area contributed by atoms with Crippen LogP contribution in [-0.4, -0.2) is 37.6 Å². The summed E-state index contributed by atoms with van der Waals surface area (Å²) in [5.74, 6) is 1.37. The SMILES string of the molecule is CC(C)CNCC(O)COc1cccc2c1NCN2. The molecule has 0 fully saturated rings. The molecule has 1 aliphatic heterocycles. The number of fused-ring (bicyclic) bond motifs is 1. The zero-order valence-corrected chi connectivity index (χ0v) is 11.6. The summed E-state index contributed by atoms with van der Waals surface area (Å²) in [6.45, 7) is 6.75. The van der Waals surface area contributed by atoms with Crippen molar-refractivity contribution in [2.45, 2.75) is 20.0 Å². The molecule has 0 radical (unpaired) electrons. The molecule has 5 heteroatoms. The van der Waals surface area contributed by atoms with E-state index in [1.807, 2.05) is 18.2 Å². The maximum absolute atomic E-state index is 9.85. The Morgan fingerprint density at radius 3 is 2.95 bits per heavy atom. The summed E-state index contributed by atoms with van der Waals surface area (Å²) in [5, 5.41) is 19.5. The largest absolute Gasteiger partial charge is 0.489 e. The fourth-order valence-corrected chi connectivity index (χ4v) is 1.99. The average molecular weight is 265 g/mol. The second-order valence-electron chi connectivity index (χ2n) is 5.23. The quantitative estimate of drug-likeness (QED) is 0.601. The Labute approximate surface area is 114 Å².